The third-order valence-electron chi connectivity index (χ3n) is 2.92. The van der Waals surface area contributed by atoms with Gasteiger partial charge in [0, 0.05) is 13.0 Å². The van der Waals surface area contributed by atoms with E-state index in [0.717, 1.165) is 6.42 Å². The van der Waals surface area contributed by atoms with E-state index in [1.807, 2.05) is 0 Å². The molecule has 0 aliphatic carbocycles. The van der Waals surface area contributed by atoms with Crippen molar-refractivity contribution in [2.45, 2.75) is 39.7 Å². The van der Waals surface area contributed by atoms with Gasteiger partial charge in [0.05, 0.1) is 6.54 Å². The van der Waals surface area contributed by atoms with Crippen LogP contribution in [0.4, 0.5) is 0 Å². The smallest absolute Gasteiger partial charge is 0.326 e. The quantitative estimate of drug-likeness (QED) is 0.753. The molecule has 0 saturated carbocycles. The van der Waals surface area contributed by atoms with Crippen molar-refractivity contribution in [3.63, 3.8) is 0 Å². The summed E-state index contributed by atoms with van der Waals surface area (Å²) in [5.74, 6) is -1.54. The Labute approximate surface area is 106 Å². The van der Waals surface area contributed by atoms with Crippen molar-refractivity contribution in [1.82, 2.24) is 10.2 Å². The van der Waals surface area contributed by atoms with Crippen LogP contribution in [0.1, 0.15) is 33.6 Å². The van der Waals surface area contributed by atoms with Gasteiger partial charge in [-0.25, -0.2) is 4.79 Å². The molecule has 6 nitrogen and oxygen atoms in total. The molecule has 6 heteroatoms. The van der Waals surface area contributed by atoms with Crippen LogP contribution in [0, 0.1) is 5.41 Å². The minimum Gasteiger partial charge on any atom is -0.480 e. The summed E-state index contributed by atoms with van der Waals surface area (Å²) in [6, 6.07) is -0.956. The van der Waals surface area contributed by atoms with Crippen LogP contribution in [0.5, 0.6) is 0 Å². The van der Waals surface area contributed by atoms with E-state index in [4.69, 9.17) is 5.11 Å². The van der Waals surface area contributed by atoms with Crippen molar-refractivity contribution in [2.24, 2.45) is 5.41 Å². The van der Waals surface area contributed by atoms with Crippen molar-refractivity contribution in [3.05, 3.63) is 0 Å². The molecule has 2 amide bonds. The van der Waals surface area contributed by atoms with Crippen LogP contribution >= 0.6 is 0 Å². The summed E-state index contributed by atoms with van der Waals surface area (Å²) in [5, 5.41) is 11.5. The minimum atomic E-state index is -1.07. The van der Waals surface area contributed by atoms with Crippen LogP contribution in [0.25, 0.3) is 0 Å². The standard InChI is InChI=1S/C12H20N2O4/c1-12(2,3)10(11(17)18)13-8(15)7-14-6-4-5-9(14)16/h10H,4-7H2,1-3H3,(H,13,15)(H,17,18)/t10-/m0/s1. The number of carboxylic acids is 1. The fraction of sp³-hybridized carbons (Fsp3) is 0.750. The second-order valence-corrected chi connectivity index (χ2v) is 5.62. The van der Waals surface area contributed by atoms with Crippen molar-refractivity contribution < 1.29 is 19.5 Å². The summed E-state index contributed by atoms with van der Waals surface area (Å²) in [5.41, 5.74) is -0.573. The van der Waals surface area contributed by atoms with E-state index in [2.05, 4.69) is 5.32 Å². The highest BCUT2D eigenvalue weighted by atomic mass is 16.4. The van der Waals surface area contributed by atoms with Gasteiger partial charge < -0.3 is 15.3 Å². The normalized spacial score (nSPS) is 17.7. The summed E-state index contributed by atoms with van der Waals surface area (Å²) in [6.45, 7) is 5.74. The number of likely N-dealkylation sites (tertiary alicyclic amines) is 1. The van der Waals surface area contributed by atoms with Crippen molar-refractivity contribution >= 4 is 17.8 Å². The van der Waals surface area contributed by atoms with E-state index in [-0.39, 0.29) is 12.5 Å². The monoisotopic (exact) mass is 256 g/mol. The van der Waals surface area contributed by atoms with Gasteiger partial charge in [-0.1, -0.05) is 20.8 Å². The van der Waals surface area contributed by atoms with E-state index in [1.165, 1.54) is 4.90 Å². The van der Waals surface area contributed by atoms with E-state index in [1.54, 1.807) is 20.8 Å². The van der Waals surface area contributed by atoms with Crippen LogP contribution in [0.2, 0.25) is 0 Å². The van der Waals surface area contributed by atoms with Gasteiger partial charge in [0.25, 0.3) is 0 Å². The Morgan fingerprint density at radius 3 is 2.44 bits per heavy atom. The van der Waals surface area contributed by atoms with Crippen LogP contribution in [0.3, 0.4) is 0 Å². The summed E-state index contributed by atoms with van der Waals surface area (Å²) in [6.07, 6.45) is 1.22. The number of carbonyl (C=O) groups excluding carboxylic acids is 2. The first kappa shape index (κ1) is 14.5. The molecule has 1 heterocycles. The highest BCUT2D eigenvalue weighted by Gasteiger charge is 2.33. The molecule has 0 radical (unpaired) electrons. The van der Waals surface area contributed by atoms with Crippen LogP contribution < -0.4 is 5.32 Å². The summed E-state index contributed by atoms with van der Waals surface area (Å²) >= 11 is 0. The van der Waals surface area contributed by atoms with Crippen molar-refractivity contribution in [1.29, 1.82) is 0 Å². The molecule has 0 aromatic carbocycles. The molecule has 1 fully saturated rings. The summed E-state index contributed by atoms with van der Waals surface area (Å²) in [4.78, 5) is 35.6. The number of hydrogen-bond donors (Lipinski definition) is 2. The zero-order chi connectivity index (χ0) is 13.9. The summed E-state index contributed by atoms with van der Waals surface area (Å²) in [7, 11) is 0. The van der Waals surface area contributed by atoms with Crippen molar-refractivity contribution in [3.8, 4) is 0 Å². The van der Waals surface area contributed by atoms with E-state index in [0.29, 0.717) is 13.0 Å². The van der Waals surface area contributed by atoms with Gasteiger partial charge >= 0.3 is 5.97 Å². The van der Waals surface area contributed by atoms with Gasteiger partial charge in [-0.05, 0) is 11.8 Å². The number of aliphatic carboxylic acids is 1. The molecule has 1 aliphatic rings. The number of hydrogen-bond acceptors (Lipinski definition) is 3. The molecule has 1 saturated heterocycles. The van der Waals surface area contributed by atoms with Gasteiger partial charge in [-0.2, -0.15) is 0 Å². The van der Waals surface area contributed by atoms with Gasteiger partial charge in [-0.15, -0.1) is 0 Å². The fourth-order valence-electron chi connectivity index (χ4n) is 1.90. The average Bonchev–Trinajstić information content (AvgIpc) is 2.59. The molecule has 1 aliphatic heterocycles. The summed E-state index contributed by atoms with van der Waals surface area (Å²) < 4.78 is 0. The first-order chi connectivity index (χ1) is 8.21. The molecule has 0 aromatic rings. The maximum atomic E-state index is 11.7. The average molecular weight is 256 g/mol. The number of nitrogens with zero attached hydrogens (tertiary/aromatic N) is 1. The molecular weight excluding hydrogens is 236 g/mol. The third-order valence-corrected chi connectivity index (χ3v) is 2.92. The number of carboxylic acid groups (broad SMARTS) is 1. The Balaban J connectivity index is 2.57. The zero-order valence-electron chi connectivity index (χ0n) is 11.0. The Kier molecular flexibility index (Phi) is 4.32. The number of rotatable bonds is 4. The predicted molar refractivity (Wildman–Crippen MR) is 64.8 cm³/mol. The largest absolute Gasteiger partial charge is 0.480 e. The SMILES string of the molecule is CC(C)(C)[C@@H](NC(=O)CN1CCCC1=O)C(=O)O. The molecule has 1 rings (SSSR count). The number of nitrogens with one attached hydrogen (secondary N) is 1. The molecule has 2 N–H and O–H groups in total. The third kappa shape index (κ3) is 3.72. The van der Waals surface area contributed by atoms with E-state index >= 15 is 0 Å². The van der Waals surface area contributed by atoms with Gasteiger partial charge in [0.15, 0.2) is 0 Å². The second kappa shape index (κ2) is 5.37. The second-order valence-electron chi connectivity index (χ2n) is 5.62. The Bertz CT molecular complexity index is 360. The van der Waals surface area contributed by atoms with Gasteiger partial charge in [-0.3, -0.25) is 9.59 Å². The fourth-order valence-corrected chi connectivity index (χ4v) is 1.90. The molecule has 102 valence electrons. The lowest BCUT2D eigenvalue weighted by atomic mass is 9.87. The van der Waals surface area contributed by atoms with Crippen LogP contribution in [-0.4, -0.2) is 46.9 Å². The number of carbonyl (C=O) groups is 3. The Morgan fingerprint density at radius 1 is 1.44 bits per heavy atom. The van der Waals surface area contributed by atoms with Crippen LogP contribution in [0.15, 0.2) is 0 Å². The molecule has 0 bridgehead atoms. The first-order valence-electron chi connectivity index (χ1n) is 6.02. The highest BCUT2D eigenvalue weighted by molar-refractivity contribution is 5.88. The van der Waals surface area contributed by atoms with Crippen LogP contribution in [-0.2, 0) is 14.4 Å². The lowest BCUT2D eigenvalue weighted by molar-refractivity contribution is -0.145. The Hall–Kier alpha value is -1.59. The Morgan fingerprint density at radius 2 is 2.06 bits per heavy atom. The van der Waals surface area contributed by atoms with Crippen molar-refractivity contribution in [2.75, 3.05) is 13.1 Å². The zero-order valence-corrected chi connectivity index (χ0v) is 11.0. The topological polar surface area (TPSA) is 86.7 Å². The molecule has 1 atom stereocenters. The maximum Gasteiger partial charge on any atom is 0.326 e. The first-order valence-corrected chi connectivity index (χ1v) is 6.02. The van der Waals surface area contributed by atoms with E-state index < -0.39 is 23.3 Å². The van der Waals surface area contributed by atoms with Gasteiger partial charge in [0.2, 0.25) is 11.8 Å². The maximum absolute atomic E-state index is 11.7. The van der Waals surface area contributed by atoms with E-state index in [9.17, 15) is 14.4 Å². The molecule has 18 heavy (non-hydrogen) atoms. The molecule has 0 unspecified atom stereocenters. The molecule has 0 spiro atoms. The number of amides is 2. The highest BCUT2D eigenvalue weighted by Crippen LogP contribution is 2.19. The lowest BCUT2D eigenvalue weighted by Crippen LogP contribution is -2.51. The van der Waals surface area contributed by atoms with Gasteiger partial charge in [0.1, 0.15) is 6.04 Å². The molecular formula is C12H20N2O4. The predicted octanol–water partition coefficient (Wildman–Crippen LogP) is 0.224. The molecule has 0 aromatic heterocycles. The minimum absolute atomic E-state index is 0.0483. The lowest BCUT2D eigenvalue weighted by Gasteiger charge is -2.28.